The molecule has 7 heteroatoms. The minimum Gasteiger partial charge on any atom is -0.382 e. The van der Waals surface area contributed by atoms with Crippen molar-refractivity contribution in [2.75, 3.05) is 20.8 Å². The number of allylic oxidation sites excluding steroid dienone is 4. The Morgan fingerprint density at radius 1 is 1.22 bits per heavy atom. The number of nitrogens with zero attached hydrogens (tertiary/aromatic N) is 1. The highest BCUT2D eigenvalue weighted by Gasteiger charge is 2.63. The minimum atomic E-state index is -0.279. The van der Waals surface area contributed by atoms with Crippen molar-refractivity contribution in [2.45, 2.75) is 63.4 Å². The van der Waals surface area contributed by atoms with Crippen LogP contribution in [0.4, 0.5) is 0 Å². The standard InChI is InChI=1S/C29H37N3O3S/c1-28-15-24(19-6-4-18(5-7-19)16-31-32-27(30)36)26-22-11-9-21(33)14-20(22)8-10-23(26)25(28)12-13-29(28,35-3)17-34-2/h4-7,14,16,23-25H,8-13,15,17H2,1-3H3,(H3,30,32,36)/b31-16+/t23-,24+,25-,28-,29+/m0/s1. The fourth-order valence-corrected chi connectivity index (χ4v) is 7.94. The van der Waals surface area contributed by atoms with Crippen LogP contribution in [-0.2, 0) is 14.3 Å². The molecule has 0 radical (unpaired) electrons. The number of hydrazone groups is 1. The van der Waals surface area contributed by atoms with E-state index in [1.54, 1.807) is 18.9 Å². The Hall–Kier alpha value is -2.35. The first-order chi connectivity index (χ1) is 17.3. The zero-order valence-corrected chi connectivity index (χ0v) is 22.3. The molecule has 0 aliphatic heterocycles. The Kier molecular flexibility index (Phi) is 6.92. The van der Waals surface area contributed by atoms with E-state index in [4.69, 9.17) is 27.4 Å². The number of hydrogen-bond acceptors (Lipinski definition) is 5. The van der Waals surface area contributed by atoms with Crippen molar-refractivity contribution >= 4 is 29.3 Å². The number of hydrogen-bond donors (Lipinski definition) is 2. The maximum absolute atomic E-state index is 12.3. The monoisotopic (exact) mass is 507 g/mol. The average molecular weight is 508 g/mol. The van der Waals surface area contributed by atoms with Crippen LogP contribution < -0.4 is 11.2 Å². The fourth-order valence-electron chi connectivity index (χ4n) is 7.89. The van der Waals surface area contributed by atoms with Crippen molar-refractivity contribution in [2.24, 2.45) is 28.1 Å². The molecule has 0 saturated heterocycles. The van der Waals surface area contributed by atoms with E-state index in [9.17, 15) is 4.79 Å². The van der Waals surface area contributed by atoms with Gasteiger partial charge in [0.25, 0.3) is 0 Å². The molecular weight excluding hydrogens is 470 g/mol. The molecule has 0 unspecified atom stereocenters. The third-order valence-corrected chi connectivity index (χ3v) is 9.61. The van der Waals surface area contributed by atoms with Gasteiger partial charge in [-0.05, 0) is 90.9 Å². The highest BCUT2D eigenvalue weighted by molar-refractivity contribution is 7.80. The Morgan fingerprint density at radius 3 is 2.69 bits per heavy atom. The van der Waals surface area contributed by atoms with Crippen molar-refractivity contribution in [1.29, 1.82) is 0 Å². The molecule has 5 atom stereocenters. The molecular formula is C29H37N3O3S. The molecule has 2 saturated carbocycles. The van der Waals surface area contributed by atoms with Crippen LogP contribution in [0.5, 0.6) is 0 Å². The Balaban J connectivity index is 1.58. The number of carbonyl (C=O) groups excluding carboxylic acids is 1. The summed E-state index contributed by atoms with van der Waals surface area (Å²) in [5, 5.41) is 4.24. The molecule has 1 aromatic carbocycles. The van der Waals surface area contributed by atoms with Crippen LogP contribution in [0.2, 0.25) is 0 Å². The van der Waals surface area contributed by atoms with Crippen molar-refractivity contribution in [3.8, 4) is 0 Å². The summed E-state index contributed by atoms with van der Waals surface area (Å²) in [6.07, 6.45) is 10.5. The topological polar surface area (TPSA) is 85.9 Å². The van der Waals surface area contributed by atoms with Crippen LogP contribution in [0, 0.1) is 17.3 Å². The first-order valence-corrected chi connectivity index (χ1v) is 13.4. The van der Waals surface area contributed by atoms with Gasteiger partial charge in [0.15, 0.2) is 10.9 Å². The number of fused-ring (bicyclic) bond motifs is 4. The van der Waals surface area contributed by atoms with Gasteiger partial charge >= 0.3 is 0 Å². The van der Waals surface area contributed by atoms with E-state index in [2.05, 4.69) is 41.7 Å². The third kappa shape index (κ3) is 4.15. The maximum Gasteiger partial charge on any atom is 0.184 e. The summed E-state index contributed by atoms with van der Waals surface area (Å²) < 4.78 is 12.1. The second-order valence-electron chi connectivity index (χ2n) is 11.1. The van der Waals surface area contributed by atoms with Crippen LogP contribution in [0.3, 0.4) is 0 Å². The lowest BCUT2D eigenvalue weighted by Crippen LogP contribution is -2.54. The van der Waals surface area contributed by atoms with Gasteiger partial charge in [0.1, 0.15) is 0 Å². The summed E-state index contributed by atoms with van der Waals surface area (Å²) in [6, 6.07) is 8.66. The molecule has 0 aromatic heterocycles. The molecule has 1 aromatic rings. The number of rotatable bonds is 6. The van der Waals surface area contributed by atoms with Gasteiger partial charge < -0.3 is 15.2 Å². The van der Waals surface area contributed by atoms with Gasteiger partial charge in [-0.1, -0.05) is 36.8 Å². The van der Waals surface area contributed by atoms with Crippen LogP contribution >= 0.6 is 12.2 Å². The van der Waals surface area contributed by atoms with Crippen molar-refractivity contribution in [1.82, 2.24) is 5.43 Å². The van der Waals surface area contributed by atoms with Gasteiger partial charge in [-0.2, -0.15) is 5.10 Å². The lowest BCUT2D eigenvalue weighted by atomic mass is 9.51. The average Bonchev–Trinajstić information content (AvgIpc) is 3.15. The van der Waals surface area contributed by atoms with E-state index in [-0.39, 0.29) is 27.8 Å². The quantitative estimate of drug-likeness (QED) is 0.327. The van der Waals surface area contributed by atoms with Gasteiger partial charge in [0.05, 0.1) is 18.4 Å². The van der Waals surface area contributed by atoms with Gasteiger partial charge in [-0.25, -0.2) is 0 Å². The van der Waals surface area contributed by atoms with E-state index in [0.29, 0.717) is 24.9 Å². The number of carbonyl (C=O) groups is 1. The first kappa shape index (κ1) is 25.3. The third-order valence-electron chi connectivity index (χ3n) is 9.52. The van der Waals surface area contributed by atoms with Crippen molar-refractivity contribution in [3.05, 3.63) is 58.2 Å². The number of nitrogens with two attached hydrogens (primary N) is 1. The summed E-state index contributed by atoms with van der Waals surface area (Å²) in [7, 11) is 3.65. The van der Waals surface area contributed by atoms with Gasteiger partial charge in [0.2, 0.25) is 0 Å². The highest BCUT2D eigenvalue weighted by Crippen LogP contribution is 2.67. The Bertz CT molecular complexity index is 1140. The van der Waals surface area contributed by atoms with Crippen LogP contribution in [0.25, 0.3) is 0 Å². The van der Waals surface area contributed by atoms with Crippen LogP contribution in [0.15, 0.2) is 52.2 Å². The summed E-state index contributed by atoms with van der Waals surface area (Å²) in [5.41, 5.74) is 14.4. The zero-order chi connectivity index (χ0) is 25.5. The van der Waals surface area contributed by atoms with Gasteiger partial charge in [-0.15, -0.1) is 0 Å². The van der Waals surface area contributed by atoms with Crippen LogP contribution in [0.1, 0.15) is 68.9 Å². The van der Waals surface area contributed by atoms with E-state index < -0.39 is 0 Å². The molecule has 4 aliphatic carbocycles. The number of thiocarbonyl (C=S) groups is 1. The van der Waals surface area contributed by atoms with Crippen LogP contribution in [-0.4, -0.2) is 43.5 Å². The molecule has 192 valence electrons. The zero-order valence-electron chi connectivity index (χ0n) is 21.5. The maximum atomic E-state index is 12.3. The molecule has 0 spiro atoms. The van der Waals surface area contributed by atoms with Crippen molar-refractivity contribution < 1.29 is 14.3 Å². The molecule has 6 nitrogen and oxygen atoms in total. The predicted octanol–water partition coefficient (Wildman–Crippen LogP) is 4.78. The van der Waals surface area contributed by atoms with Gasteiger partial charge in [-0.3, -0.25) is 10.2 Å². The summed E-state index contributed by atoms with van der Waals surface area (Å²) in [6.45, 7) is 3.06. The number of nitrogens with one attached hydrogen (secondary N) is 1. The Labute approximate surface area is 219 Å². The highest BCUT2D eigenvalue weighted by atomic mass is 32.1. The van der Waals surface area contributed by atoms with Gasteiger partial charge in [0, 0.05) is 32.0 Å². The minimum absolute atomic E-state index is 0.00370. The lowest BCUT2D eigenvalue weighted by Gasteiger charge is -2.55. The molecule has 4 aliphatic rings. The number of methoxy groups -OCH3 is 2. The number of ketones is 1. The normalized spacial score (nSPS) is 33.7. The smallest absolute Gasteiger partial charge is 0.184 e. The summed E-state index contributed by atoms with van der Waals surface area (Å²) in [5.74, 6) is 1.63. The first-order valence-electron chi connectivity index (χ1n) is 13.0. The molecule has 0 bridgehead atoms. The molecule has 5 rings (SSSR count). The SMILES string of the molecule is COC[C@]1(OC)CC[C@H]2[C@@H]3CCC4=CC(=O)CCC4=C3[C@@H](c3ccc(/C=N/NC(N)=S)cc3)C[C@@]21C. The van der Waals surface area contributed by atoms with E-state index in [0.717, 1.165) is 44.1 Å². The summed E-state index contributed by atoms with van der Waals surface area (Å²) >= 11 is 4.82. The van der Waals surface area contributed by atoms with E-state index in [1.165, 1.54) is 16.7 Å². The lowest BCUT2D eigenvalue weighted by molar-refractivity contribution is -0.149. The Morgan fingerprint density at radius 2 is 2.00 bits per heavy atom. The fraction of sp³-hybridized carbons (Fsp3) is 0.552. The predicted molar refractivity (Wildman–Crippen MR) is 146 cm³/mol. The largest absolute Gasteiger partial charge is 0.382 e. The second kappa shape index (κ2) is 9.84. The molecule has 36 heavy (non-hydrogen) atoms. The number of ether oxygens (including phenoxy) is 2. The second-order valence-corrected chi connectivity index (χ2v) is 11.5. The molecule has 2 fully saturated rings. The van der Waals surface area contributed by atoms with E-state index >= 15 is 0 Å². The molecule has 3 N–H and O–H groups in total. The molecule has 0 amide bonds. The number of benzene rings is 1. The van der Waals surface area contributed by atoms with Crippen molar-refractivity contribution in [3.63, 3.8) is 0 Å². The molecule has 0 heterocycles. The summed E-state index contributed by atoms with van der Waals surface area (Å²) in [4.78, 5) is 12.3. The van der Waals surface area contributed by atoms with E-state index in [1.807, 2.05) is 13.2 Å².